The van der Waals surface area contributed by atoms with Gasteiger partial charge in [0, 0.05) is 57.4 Å². The number of benzene rings is 1. The van der Waals surface area contributed by atoms with Crippen molar-refractivity contribution in [1.29, 1.82) is 0 Å². The third-order valence-electron chi connectivity index (χ3n) is 5.91. The normalized spacial score (nSPS) is 16.3. The molecule has 1 fully saturated rings. The average Bonchev–Trinajstić information content (AvgIpc) is 2.78. The molecule has 30 heavy (non-hydrogen) atoms. The van der Waals surface area contributed by atoms with Gasteiger partial charge in [-0.05, 0) is 29.5 Å². The fourth-order valence-electron chi connectivity index (χ4n) is 4.19. The van der Waals surface area contributed by atoms with Crippen LogP contribution in [-0.4, -0.2) is 57.3 Å². The summed E-state index contributed by atoms with van der Waals surface area (Å²) in [6, 6.07) is 10.0. The summed E-state index contributed by atoms with van der Waals surface area (Å²) in [6.07, 6.45) is 3.12. The highest BCUT2D eigenvalue weighted by molar-refractivity contribution is 7.99. The highest BCUT2D eigenvalue weighted by Crippen LogP contribution is 2.23. The van der Waals surface area contributed by atoms with E-state index in [9.17, 15) is 14.4 Å². The minimum Gasteiger partial charge on any atom is -0.338 e. The zero-order valence-electron chi connectivity index (χ0n) is 17.3. The van der Waals surface area contributed by atoms with E-state index in [4.69, 9.17) is 0 Å². The first kappa shape index (κ1) is 20.7. The molecule has 1 aromatic carbocycles. The fraction of sp³-hybridized carbons (Fsp3) is 0.435. The summed E-state index contributed by atoms with van der Waals surface area (Å²) < 4.78 is 1.67. The molecule has 2 aliphatic rings. The van der Waals surface area contributed by atoms with Crippen molar-refractivity contribution in [1.82, 2.24) is 14.4 Å². The van der Waals surface area contributed by atoms with Gasteiger partial charge in [0.15, 0.2) is 0 Å². The van der Waals surface area contributed by atoms with E-state index in [0.29, 0.717) is 51.1 Å². The van der Waals surface area contributed by atoms with Crippen molar-refractivity contribution in [3.8, 4) is 0 Å². The van der Waals surface area contributed by atoms with Gasteiger partial charge in [-0.15, -0.1) is 0 Å². The molecule has 0 N–H and O–H groups in total. The van der Waals surface area contributed by atoms with Crippen LogP contribution in [0.25, 0.3) is 0 Å². The highest BCUT2D eigenvalue weighted by atomic mass is 32.2. The number of hydrogen-bond donors (Lipinski definition) is 0. The number of amides is 2. The number of carbonyl (C=O) groups is 2. The zero-order valence-corrected chi connectivity index (χ0v) is 18.1. The lowest BCUT2D eigenvalue weighted by molar-refractivity contribution is -0.129. The third-order valence-corrected chi connectivity index (χ3v) is 6.85. The summed E-state index contributed by atoms with van der Waals surface area (Å²) in [5.74, 6) is 1.67. The van der Waals surface area contributed by atoms with Crippen LogP contribution in [0.5, 0.6) is 0 Å². The van der Waals surface area contributed by atoms with E-state index in [0.717, 1.165) is 28.2 Å². The number of nitrogens with zero attached hydrogens (tertiary/aromatic N) is 3. The number of fused-ring (bicyclic) bond motifs is 1. The Hall–Kier alpha value is -2.54. The van der Waals surface area contributed by atoms with Gasteiger partial charge in [-0.2, -0.15) is 11.8 Å². The van der Waals surface area contributed by atoms with Gasteiger partial charge in [0.05, 0.1) is 0 Å². The van der Waals surface area contributed by atoms with Crippen LogP contribution in [0, 0.1) is 0 Å². The number of rotatable bonds is 4. The molecule has 0 aliphatic carbocycles. The molecular weight excluding hydrogens is 398 g/mol. The van der Waals surface area contributed by atoms with Crippen LogP contribution in [-0.2, 0) is 30.7 Å². The van der Waals surface area contributed by atoms with Gasteiger partial charge in [0.2, 0.25) is 5.91 Å². The summed E-state index contributed by atoms with van der Waals surface area (Å²) in [5.41, 5.74) is 3.00. The van der Waals surface area contributed by atoms with Gasteiger partial charge in [0.25, 0.3) is 11.5 Å². The zero-order chi connectivity index (χ0) is 21.1. The molecule has 0 spiro atoms. The van der Waals surface area contributed by atoms with Crippen molar-refractivity contribution in [3.05, 3.63) is 69.1 Å². The van der Waals surface area contributed by atoms with Gasteiger partial charge >= 0.3 is 0 Å². The number of aryl methyl sites for hydroxylation is 2. The van der Waals surface area contributed by atoms with E-state index < -0.39 is 0 Å². The largest absolute Gasteiger partial charge is 0.338 e. The van der Waals surface area contributed by atoms with Crippen molar-refractivity contribution < 1.29 is 9.59 Å². The molecule has 0 saturated carbocycles. The smallest absolute Gasteiger partial charge is 0.263 e. The van der Waals surface area contributed by atoms with Crippen LogP contribution in [0.3, 0.4) is 0 Å². The maximum atomic E-state index is 13.4. The lowest BCUT2D eigenvalue weighted by Gasteiger charge is -2.32. The Bertz CT molecular complexity index is 997. The number of aromatic nitrogens is 1. The number of pyridine rings is 1. The Morgan fingerprint density at radius 2 is 1.77 bits per heavy atom. The van der Waals surface area contributed by atoms with Crippen LogP contribution < -0.4 is 5.56 Å². The van der Waals surface area contributed by atoms with Crippen molar-refractivity contribution >= 4 is 23.6 Å². The predicted octanol–water partition coefficient (Wildman–Crippen LogP) is 2.18. The van der Waals surface area contributed by atoms with Crippen LogP contribution >= 0.6 is 11.8 Å². The molecule has 7 heteroatoms. The second kappa shape index (κ2) is 9.08. The first-order valence-electron chi connectivity index (χ1n) is 10.5. The lowest BCUT2D eigenvalue weighted by Crippen LogP contribution is -2.44. The van der Waals surface area contributed by atoms with Crippen molar-refractivity contribution in [2.24, 2.45) is 0 Å². The Morgan fingerprint density at radius 1 is 1.03 bits per heavy atom. The summed E-state index contributed by atoms with van der Waals surface area (Å²) in [6.45, 7) is 4.42. The van der Waals surface area contributed by atoms with Crippen molar-refractivity contribution in [2.45, 2.75) is 32.9 Å². The highest BCUT2D eigenvalue weighted by Gasteiger charge is 2.30. The Kier molecular flexibility index (Phi) is 6.27. The molecule has 3 heterocycles. The second-order valence-electron chi connectivity index (χ2n) is 7.84. The minimum absolute atomic E-state index is 0.0172. The lowest BCUT2D eigenvalue weighted by atomic mass is 9.95. The molecule has 2 aliphatic heterocycles. The molecule has 1 saturated heterocycles. The summed E-state index contributed by atoms with van der Waals surface area (Å²) in [5, 5.41) is 0. The molecule has 4 rings (SSSR count). The SMILES string of the molecule is CC(=O)N1CCc2c(cn(CCc3ccccc3)c(=O)c2C(=O)N2CCSCC2)C1. The van der Waals surface area contributed by atoms with E-state index in [1.165, 1.54) is 0 Å². The van der Waals surface area contributed by atoms with Crippen molar-refractivity contribution in [2.75, 3.05) is 31.1 Å². The van der Waals surface area contributed by atoms with Crippen LogP contribution in [0.1, 0.15) is 34.0 Å². The third kappa shape index (κ3) is 4.31. The molecule has 158 valence electrons. The van der Waals surface area contributed by atoms with E-state index in [1.807, 2.05) is 53.2 Å². The van der Waals surface area contributed by atoms with E-state index >= 15 is 0 Å². The van der Waals surface area contributed by atoms with Gasteiger partial charge in [0.1, 0.15) is 5.56 Å². The average molecular weight is 426 g/mol. The van der Waals surface area contributed by atoms with Gasteiger partial charge < -0.3 is 14.4 Å². The van der Waals surface area contributed by atoms with E-state index in [2.05, 4.69) is 0 Å². The summed E-state index contributed by atoms with van der Waals surface area (Å²) >= 11 is 1.84. The summed E-state index contributed by atoms with van der Waals surface area (Å²) in [7, 11) is 0. The molecule has 2 amide bonds. The Balaban J connectivity index is 1.71. The molecule has 0 radical (unpaired) electrons. The summed E-state index contributed by atoms with van der Waals surface area (Å²) in [4.78, 5) is 42.3. The molecule has 2 aromatic rings. The van der Waals surface area contributed by atoms with Crippen LogP contribution in [0.4, 0.5) is 0 Å². The van der Waals surface area contributed by atoms with Gasteiger partial charge in [-0.1, -0.05) is 30.3 Å². The topological polar surface area (TPSA) is 62.6 Å². The molecule has 0 atom stereocenters. The predicted molar refractivity (Wildman–Crippen MR) is 119 cm³/mol. The maximum Gasteiger partial charge on any atom is 0.263 e. The van der Waals surface area contributed by atoms with E-state index in [-0.39, 0.29) is 17.4 Å². The first-order chi connectivity index (χ1) is 14.5. The quantitative estimate of drug-likeness (QED) is 0.753. The Morgan fingerprint density at radius 3 is 2.47 bits per heavy atom. The number of carbonyl (C=O) groups excluding carboxylic acids is 2. The second-order valence-corrected chi connectivity index (χ2v) is 9.06. The van der Waals surface area contributed by atoms with Gasteiger partial charge in [-0.25, -0.2) is 0 Å². The first-order valence-corrected chi connectivity index (χ1v) is 11.6. The molecule has 0 bridgehead atoms. The standard InChI is InChI=1S/C23H27N3O3S/c1-17(27)25-10-8-20-19(15-25)16-26(9-7-18-5-3-2-4-6-18)23(29)21(20)22(28)24-11-13-30-14-12-24/h2-6,16H,7-15H2,1H3. The Labute approximate surface area is 180 Å². The monoisotopic (exact) mass is 425 g/mol. The maximum absolute atomic E-state index is 13.4. The van der Waals surface area contributed by atoms with Crippen LogP contribution in [0.2, 0.25) is 0 Å². The fourth-order valence-corrected chi connectivity index (χ4v) is 5.09. The molecule has 0 unspecified atom stereocenters. The molecule has 6 nitrogen and oxygen atoms in total. The van der Waals surface area contributed by atoms with Crippen LogP contribution in [0.15, 0.2) is 41.3 Å². The van der Waals surface area contributed by atoms with Gasteiger partial charge in [-0.3, -0.25) is 14.4 Å². The van der Waals surface area contributed by atoms with Crippen molar-refractivity contribution in [3.63, 3.8) is 0 Å². The number of thioether (sulfide) groups is 1. The number of hydrogen-bond acceptors (Lipinski definition) is 4. The molecule has 1 aromatic heterocycles. The minimum atomic E-state index is -0.204. The van der Waals surface area contributed by atoms with E-state index in [1.54, 1.807) is 16.4 Å². The molecular formula is C23H27N3O3S.